The lowest BCUT2D eigenvalue weighted by molar-refractivity contribution is 0.0933. The largest absolute Gasteiger partial charge is 0.345 e. The van der Waals surface area contributed by atoms with Crippen LogP contribution in [0, 0.1) is 13.8 Å². The summed E-state index contributed by atoms with van der Waals surface area (Å²) in [7, 11) is 0. The fraction of sp³-hybridized carbons (Fsp3) is 0.318. The number of amides is 1. The van der Waals surface area contributed by atoms with E-state index in [0.29, 0.717) is 10.4 Å². The summed E-state index contributed by atoms with van der Waals surface area (Å²) in [6.07, 6.45) is 4.71. The fourth-order valence-electron chi connectivity index (χ4n) is 3.88. The summed E-state index contributed by atoms with van der Waals surface area (Å²) in [5.74, 6) is -0.153. The smallest absolute Gasteiger partial charge is 0.252 e. The molecule has 0 aliphatic heterocycles. The van der Waals surface area contributed by atoms with Crippen LogP contribution in [0.1, 0.15) is 68.2 Å². The Bertz CT molecular complexity index is 1040. The van der Waals surface area contributed by atoms with E-state index in [9.17, 15) is 9.59 Å². The van der Waals surface area contributed by atoms with Crippen LogP contribution in [-0.2, 0) is 6.42 Å². The molecular weight excluding hydrogens is 370 g/mol. The van der Waals surface area contributed by atoms with Crippen LogP contribution in [0.3, 0.4) is 0 Å². The molecule has 0 radical (unpaired) electrons. The number of benzene rings is 1. The Kier molecular flexibility index (Phi) is 4.89. The first-order valence-corrected chi connectivity index (χ1v) is 10.4. The molecule has 6 heteroatoms. The summed E-state index contributed by atoms with van der Waals surface area (Å²) in [6, 6.07) is 8.04. The highest BCUT2D eigenvalue weighted by Crippen LogP contribution is 2.32. The number of carbonyl (C=O) groups excluding carboxylic acids is 2. The third-order valence-electron chi connectivity index (χ3n) is 5.15. The van der Waals surface area contributed by atoms with Gasteiger partial charge in [-0.05, 0) is 69.4 Å². The SMILES string of the molecule is CC(=O)c1cc(C(=O)N[C@@H]2CCCc3c2cnn3-c2cc(C)cc(C)c2)cs1. The van der Waals surface area contributed by atoms with Gasteiger partial charge in [0.05, 0.1) is 28.4 Å². The molecule has 0 saturated heterocycles. The van der Waals surface area contributed by atoms with Gasteiger partial charge in [0.25, 0.3) is 5.91 Å². The molecule has 3 aromatic rings. The van der Waals surface area contributed by atoms with E-state index in [-0.39, 0.29) is 17.7 Å². The third-order valence-corrected chi connectivity index (χ3v) is 6.18. The average Bonchev–Trinajstić information content (AvgIpc) is 3.29. The Hall–Kier alpha value is -2.73. The van der Waals surface area contributed by atoms with Crippen molar-refractivity contribution in [2.24, 2.45) is 0 Å². The number of rotatable bonds is 4. The third kappa shape index (κ3) is 3.52. The van der Waals surface area contributed by atoms with Crippen molar-refractivity contribution in [3.63, 3.8) is 0 Å². The predicted molar refractivity (Wildman–Crippen MR) is 111 cm³/mol. The Balaban J connectivity index is 1.60. The number of fused-ring (bicyclic) bond motifs is 1. The highest BCUT2D eigenvalue weighted by atomic mass is 32.1. The van der Waals surface area contributed by atoms with Crippen molar-refractivity contribution in [2.45, 2.75) is 46.1 Å². The van der Waals surface area contributed by atoms with Crippen LogP contribution in [0.4, 0.5) is 0 Å². The second kappa shape index (κ2) is 7.36. The minimum Gasteiger partial charge on any atom is -0.345 e. The molecular formula is C22H23N3O2S. The van der Waals surface area contributed by atoms with E-state index in [4.69, 9.17) is 0 Å². The summed E-state index contributed by atoms with van der Waals surface area (Å²) in [4.78, 5) is 24.8. The monoisotopic (exact) mass is 393 g/mol. The predicted octanol–water partition coefficient (Wildman–Crippen LogP) is 4.56. The molecule has 0 fully saturated rings. The Labute approximate surface area is 168 Å². The molecule has 0 spiro atoms. The molecule has 4 rings (SSSR count). The van der Waals surface area contributed by atoms with E-state index in [0.717, 1.165) is 36.2 Å². The number of nitrogens with one attached hydrogen (secondary N) is 1. The first-order valence-electron chi connectivity index (χ1n) is 9.48. The van der Waals surface area contributed by atoms with Gasteiger partial charge in [-0.2, -0.15) is 5.10 Å². The van der Waals surface area contributed by atoms with Crippen molar-refractivity contribution in [3.05, 3.63) is 68.7 Å². The van der Waals surface area contributed by atoms with Crippen LogP contribution in [0.15, 0.2) is 35.8 Å². The summed E-state index contributed by atoms with van der Waals surface area (Å²) < 4.78 is 2.01. The van der Waals surface area contributed by atoms with E-state index < -0.39 is 0 Å². The zero-order valence-electron chi connectivity index (χ0n) is 16.3. The molecule has 1 amide bonds. The van der Waals surface area contributed by atoms with Gasteiger partial charge >= 0.3 is 0 Å². The first-order chi connectivity index (χ1) is 13.4. The number of ketones is 1. The maximum absolute atomic E-state index is 12.7. The molecule has 2 heterocycles. The minimum absolute atomic E-state index is 0.0151. The summed E-state index contributed by atoms with van der Waals surface area (Å²) in [6.45, 7) is 5.69. The quantitative estimate of drug-likeness (QED) is 0.661. The summed E-state index contributed by atoms with van der Waals surface area (Å²) in [5.41, 5.74) is 6.27. The molecule has 0 saturated carbocycles. The number of aromatic nitrogens is 2. The molecule has 5 nitrogen and oxygen atoms in total. The number of nitrogens with zero attached hydrogens (tertiary/aromatic N) is 2. The molecule has 0 unspecified atom stereocenters. The molecule has 0 bridgehead atoms. The Morgan fingerprint density at radius 2 is 1.93 bits per heavy atom. The average molecular weight is 394 g/mol. The number of hydrogen-bond donors (Lipinski definition) is 1. The van der Waals surface area contributed by atoms with E-state index >= 15 is 0 Å². The number of carbonyl (C=O) groups is 2. The summed E-state index contributed by atoms with van der Waals surface area (Å²) in [5, 5.41) is 9.51. The van der Waals surface area contributed by atoms with E-state index in [1.54, 1.807) is 11.4 Å². The van der Waals surface area contributed by atoms with Crippen LogP contribution in [0.5, 0.6) is 0 Å². The molecule has 1 aliphatic carbocycles. The van der Waals surface area contributed by atoms with Gasteiger partial charge in [-0.15, -0.1) is 11.3 Å². The highest BCUT2D eigenvalue weighted by molar-refractivity contribution is 7.12. The lowest BCUT2D eigenvalue weighted by Gasteiger charge is -2.24. The van der Waals surface area contributed by atoms with Gasteiger partial charge in [0, 0.05) is 16.6 Å². The minimum atomic E-state index is -0.138. The highest BCUT2D eigenvalue weighted by Gasteiger charge is 2.27. The number of hydrogen-bond acceptors (Lipinski definition) is 4. The lowest BCUT2D eigenvalue weighted by Crippen LogP contribution is -2.30. The van der Waals surface area contributed by atoms with Crippen LogP contribution >= 0.6 is 11.3 Å². The molecule has 28 heavy (non-hydrogen) atoms. The lowest BCUT2D eigenvalue weighted by atomic mass is 9.92. The molecule has 2 aromatic heterocycles. The molecule has 1 atom stereocenters. The number of thiophene rings is 1. The normalized spacial score (nSPS) is 15.9. The van der Waals surface area contributed by atoms with Crippen LogP contribution < -0.4 is 5.32 Å². The van der Waals surface area contributed by atoms with Crippen molar-refractivity contribution in [2.75, 3.05) is 0 Å². The van der Waals surface area contributed by atoms with E-state index in [1.165, 1.54) is 29.4 Å². The first kappa shape index (κ1) is 18.6. The fourth-order valence-corrected chi connectivity index (χ4v) is 4.67. The van der Waals surface area contributed by atoms with Gasteiger partial charge in [-0.1, -0.05) is 6.07 Å². The van der Waals surface area contributed by atoms with E-state index in [1.807, 2.05) is 10.9 Å². The van der Waals surface area contributed by atoms with Crippen molar-refractivity contribution < 1.29 is 9.59 Å². The summed E-state index contributed by atoms with van der Waals surface area (Å²) >= 11 is 1.31. The van der Waals surface area contributed by atoms with Crippen LogP contribution in [-0.4, -0.2) is 21.5 Å². The van der Waals surface area contributed by atoms with Crippen molar-refractivity contribution in [3.8, 4) is 5.69 Å². The van der Waals surface area contributed by atoms with Gasteiger partial charge in [-0.25, -0.2) is 4.68 Å². The zero-order valence-corrected chi connectivity index (χ0v) is 17.1. The second-order valence-electron chi connectivity index (χ2n) is 7.48. The zero-order chi connectivity index (χ0) is 19.8. The van der Waals surface area contributed by atoms with Gasteiger partial charge < -0.3 is 5.32 Å². The molecule has 1 aliphatic rings. The number of aryl methyl sites for hydroxylation is 2. The second-order valence-corrected chi connectivity index (χ2v) is 8.39. The Morgan fingerprint density at radius 1 is 1.18 bits per heavy atom. The van der Waals surface area contributed by atoms with Gasteiger partial charge in [0.1, 0.15) is 0 Å². The van der Waals surface area contributed by atoms with Crippen molar-refractivity contribution in [1.82, 2.24) is 15.1 Å². The topological polar surface area (TPSA) is 64.0 Å². The Morgan fingerprint density at radius 3 is 2.61 bits per heavy atom. The van der Waals surface area contributed by atoms with Crippen molar-refractivity contribution in [1.29, 1.82) is 0 Å². The van der Waals surface area contributed by atoms with Gasteiger partial charge in [0.15, 0.2) is 5.78 Å². The van der Waals surface area contributed by atoms with Crippen molar-refractivity contribution >= 4 is 23.0 Å². The van der Waals surface area contributed by atoms with Crippen LogP contribution in [0.2, 0.25) is 0 Å². The van der Waals surface area contributed by atoms with E-state index in [2.05, 4.69) is 42.5 Å². The number of Topliss-reactive ketones (excluding diaryl/α,β-unsaturated/α-hetero) is 1. The molecule has 1 N–H and O–H groups in total. The molecule has 144 valence electrons. The van der Waals surface area contributed by atoms with Crippen LogP contribution in [0.25, 0.3) is 5.69 Å². The standard InChI is InChI=1S/C22H23N3O2S/c1-13-7-14(2)9-17(8-13)25-20-6-4-5-19(18(20)11-23-25)24-22(27)16-10-21(15(3)26)28-12-16/h7-12,19H,4-6H2,1-3H3,(H,24,27)/t19-/m1/s1. The molecule has 1 aromatic carbocycles. The maximum atomic E-state index is 12.7. The van der Waals surface area contributed by atoms with Gasteiger partial charge in [-0.3, -0.25) is 9.59 Å². The van der Waals surface area contributed by atoms with Gasteiger partial charge in [0.2, 0.25) is 0 Å². The maximum Gasteiger partial charge on any atom is 0.252 e.